The molecule has 2 aliphatic heterocycles. The number of alkyl halides is 2. The third-order valence-corrected chi connectivity index (χ3v) is 9.21. The average molecular weight is 551 g/mol. The molecule has 2 N–H and O–H groups in total. The SMILES string of the molecule is Cc1nc(NC(C)c2cccc(C(F)(F)C3CCOC3)c2F)c2cc(C3CCS(=O)(=O)CC3)c(=O)[nH]c2n1. The van der Waals surface area contributed by atoms with Crippen molar-refractivity contribution >= 4 is 26.7 Å². The van der Waals surface area contributed by atoms with Gasteiger partial charge in [-0.1, -0.05) is 18.2 Å². The van der Waals surface area contributed by atoms with Crippen LogP contribution in [0.2, 0.25) is 0 Å². The molecule has 0 amide bonds. The van der Waals surface area contributed by atoms with E-state index in [0.29, 0.717) is 35.4 Å². The predicted octanol–water partition coefficient (Wildman–Crippen LogP) is 4.36. The largest absolute Gasteiger partial charge is 0.381 e. The van der Waals surface area contributed by atoms with Crippen molar-refractivity contribution in [3.63, 3.8) is 0 Å². The number of halogens is 3. The molecule has 204 valence electrons. The fourth-order valence-electron chi connectivity index (χ4n) is 5.29. The molecule has 5 rings (SSSR count). The standard InChI is InChI=1S/C26H29F3N4O4S/c1-14(18-4-3-5-21(22(18)27)26(28,29)17-6-9-37-13-17)30-23-20-12-19(16-7-10-38(35,36)11-8-16)25(34)33-24(20)32-15(2)31-23/h3-5,12,14,16-17H,6-11,13H2,1-2H3,(H2,30,31,32,33,34). The van der Waals surface area contributed by atoms with E-state index in [9.17, 15) is 13.2 Å². The average Bonchev–Trinajstić information content (AvgIpc) is 3.40. The summed E-state index contributed by atoms with van der Waals surface area (Å²) in [5.41, 5.74) is -0.265. The molecule has 3 aromatic rings. The number of aromatic amines is 1. The van der Waals surface area contributed by atoms with E-state index in [1.807, 2.05) is 0 Å². The topological polar surface area (TPSA) is 114 Å². The van der Waals surface area contributed by atoms with Gasteiger partial charge in [0.05, 0.1) is 41.0 Å². The molecule has 8 nitrogen and oxygen atoms in total. The fraction of sp³-hybridized carbons (Fsp3) is 0.500. The zero-order chi connectivity index (χ0) is 27.2. The van der Waals surface area contributed by atoms with Crippen LogP contribution in [0.4, 0.5) is 19.0 Å². The normalized spacial score (nSPS) is 21.0. The first-order valence-corrected chi connectivity index (χ1v) is 14.4. The van der Waals surface area contributed by atoms with E-state index in [-0.39, 0.29) is 53.8 Å². The number of anilines is 1. The highest BCUT2D eigenvalue weighted by atomic mass is 32.2. The van der Waals surface area contributed by atoms with Crippen LogP contribution in [-0.4, -0.2) is 48.1 Å². The van der Waals surface area contributed by atoms with Crippen LogP contribution in [0.1, 0.15) is 60.7 Å². The second kappa shape index (κ2) is 9.96. The Morgan fingerprint density at radius 1 is 1.18 bits per heavy atom. The number of hydrogen-bond acceptors (Lipinski definition) is 7. The summed E-state index contributed by atoms with van der Waals surface area (Å²) in [6.07, 6.45) is 0.826. The lowest BCUT2D eigenvalue weighted by Crippen LogP contribution is -2.28. The Kier molecular flexibility index (Phi) is 6.97. The van der Waals surface area contributed by atoms with Gasteiger partial charge in [-0.15, -0.1) is 0 Å². The van der Waals surface area contributed by atoms with Crippen LogP contribution in [0.5, 0.6) is 0 Å². The van der Waals surface area contributed by atoms with Crippen LogP contribution in [0.25, 0.3) is 11.0 Å². The van der Waals surface area contributed by atoms with Gasteiger partial charge < -0.3 is 15.0 Å². The summed E-state index contributed by atoms with van der Waals surface area (Å²) < 4.78 is 74.6. The van der Waals surface area contributed by atoms with Crippen molar-refractivity contribution in [3.05, 3.63) is 63.0 Å². The van der Waals surface area contributed by atoms with Crippen LogP contribution < -0.4 is 10.9 Å². The van der Waals surface area contributed by atoms with Crippen molar-refractivity contribution in [2.24, 2.45) is 5.92 Å². The number of aryl methyl sites for hydroxylation is 1. The van der Waals surface area contributed by atoms with Gasteiger partial charge in [0.25, 0.3) is 11.5 Å². The Hall–Kier alpha value is -2.99. The summed E-state index contributed by atoms with van der Waals surface area (Å²) in [6, 6.07) is 4.86. The number of H-pyrrole nitrogens is 1. The van der Waals surface area contributed by atoms with E-state index >= 15 is 13.2 Å². The zero-order valence-electron chi connectivity index (χ0n) is 21.1. The first kappa shape index (κ1) is 26.6. The molecular formula is C26H29F3N4O4S. The number of nitrogens with zero attached hydrogens (tertiary/aromatic N) is 2. The highest BCUT2D eigenvalue weighted by Crippen LogP contribution is 2.42. The van der Waals surface area contributed by atoms with Crippen LogP contribution in [0.15, 0.2) is 29.1 Å². The minimum Gasteiger partial charge on any atom is -0.381 e. The molecule has 0 saturated carbocycles. The summed E-state index contributed by atoms with van der Waals surface area (Å²) in [4.78, 5) is 24.3. The second-order valence-electron chi connectivity index (χ2n) is 10.1. The first-order valence-electron chi connectivity index (χ1n) is 12.6. The van der Waals surface area contributed by atoms with E-state index in [1.165, 1.54) is 12.1 Å². The summed E-state index contributed by atoms with van der Waals surface area (Å²) in [6.45, 7) is 3.38. The van der Waals surface area contributed by atoms with Gasteiger partial charge in [0, 0.05) is 17.7 Å². The molecular weight excluding hydrogens is 521 g/mol. The van der Waals surface area contributed by atoms with E-state index in [0.717, 1.165) is 6.07 Å². The summed E-state index contributed by atoms with van der Waals surface area (Å²) in [5, 5.41) is 3.58. The highest BCUT2D eigenvalue weighted by Gasteiger charge is 2.45. The van der Waals surface area contributed by atoms with Gasteiger partial charge in [-0.05, 0) is 45.1 Å². The molecule has 1 aromatic carbocycles. The lowest BCUT2D eigenvalue weighted by Gasteiger charge is -2.25. The van der Waals surface area contributed by atoms with Crippen molar-refractivity contribution in [1.82, 2.24) is 15.0 Å². The Morgan fingerprint density at radius 3 is 2.61 bits per heavy atom. The zero-order valence-corrected chi connectivity index (χ0v) is 21.9. The number of pyridine rings is 1. The Balaban J connectivity index is 1.49. The number of hydrogen-bond donors (Lipinski definition) is 2. The third kappa shape index (κ3) is 5.03. The number of rotatable bonds is 6. The van der Waals surface area contributed by atoms with Crippen molar-refractivity contribution in [2.75, 3.05) is 30.0 Å². The molecule has 2 saturated heterocycles. The maximum absolute atomic E-state index is 15.5. The lowest BCUT2D eigenvalue weighted by atomic mass is 9.91. The lowest BCUT2D eigenvalue weighted by molar-refractivity contribution is -0.0691. The van der Waals surface area contributed by atoms with Crippen molar-refractivity contribution in [1.29, 1.82) is 0 Å². The quantitative estimate of drug-likeness (QED) is 0.469. The first-order chi connectivity index (χ1) is 18.0. The van der Waals surface area contributed by atoms with Crippen molar-refractivity contribution in [2.45, 2.75) is 51.0 Å². The van der Waals surface area contributed by atoms with Gasteiger partial charge in [-0.3, -0.25) is 4.79 Å². The van der Waals surface area contributed by atoms with E-state index in [4.69, 9.17) is 4.74 Å². The van der Waals surface area contributed by atoms with Gasteiger partial charge in [-0.25, -0.2) is 31.6 Å². The molecule has 12 heteroatoms. The van der Waals surface area contributed by atoms with Gasteiger partial charge in [-0.2, -0.15) is 0 Å². The molecule has 0 aliphatic carbocycles. The molecule has 0 radical (unpaired) electrons. The van der Waals surface area contributed by atoms with Gasteiger partial charge in [0.15, 0.2) is 0 Å². The smallest absolute Gasteiger partial charge is 0.281 e. The maximum Gasteiger partial charge on any atom is 0.281 e. The molecule has 2 aromatic heterocycles. The highest BCUT2D eigenvalue weighted by molar-refractivity contribution is 7.91. The fourth-order valence-corrected chi connectivity index (χ4v) is 6.78. The Labute approximate surface area is 218 Å². The van der Waals surface area contributed by atoms with Crippen LogP contribution >= 0.6 is 0 Å². The van der Waals surface area contributed by atoms with Crippen molar-refractivity contribution in [3.8, 4) is 0 Å². The van der Waals surface area contributed by atoms with E-state index in [1.54, 1.807) is 19.9 Å². The number of benzene rings is 1. The molecule has 0 bridgehead atoms. The Morgan fingerprint density at radius 2 is 1.92 bits per heavy atom. The molecule has 2 atom stereocenters. The minimum atomic E-state index is -3.38. The third-order valence-electron chi connectivity index (χ3n) is 7.50. The predicted molar refractivity (Wildman–Crippen MR) is 137 cm³/mol. The summed E-state index contributed by atoms with van der Waals surface area (Å²) >= 11 is 0. The minimum absolute atomic E-state index is 0.00885. The summed E-state index contributed by atoms with van der Waals surface area (Å²) in [7, 11) is -3.11. The monoisotopic (exact) mass is 550 g/mol. The van der Waals surface area contributed by atoms with Crippen LogP contribution in [0, 0.1) is 18.7 Å². The van der Waals surface area contributed by atoms with E-state index in [2.05, 4.69) is 20.3 Å². The molecule has 2 fully saturated rings. The number of ether oxygens (including phenoxy) is 1. The second-order valence-corrected chi connectivity index (χ2v) is 12.4. The number of fused-ring (bicyclic) bond motifs is 1. The summed E-state index contributed by atoms with van der Waals surface area (Å²) in [5.74, 6) is -5.02. The molecule has 2 aliphatic rings. The number of sulfone groups is 1. The Bertz CT molecular complexity index is 1520. The van der Waals surface area contributed by atoms with E-state index < -0.39 is 39.1 Å². The van der Waals surface area contributed by atoms with Crippen LogP contribution in [-0.2, 0) is 20.5 Å². The van der Waals surface area contributed by atoms with Gasteiger partial charge >= 0.3 is 0 Å². The maximum atomic E-state index is 15.5. The molecule has 4 heterocycles. The van der Waals surface area contributed by atoms with Crippen LogP contribution in [0.3, 0.4) is 0 Å². The molecule has 0 spiro atoms. The van der Waals surface area contributed by atoms with Crippen molar-refractivity contribution < 1.29 is 26.3 Å². The number of aromatic nitrogens is 3. The molecule has 2 unspecified atom stereocenters. The molecule has 38 heavy (non-hydrogen) atoms. The number of nitrogens with one attached hydrogen (secondary N) is 2. The van der Waals surface area contributed by atoms with Gasteiger partial charge in [0.2, 0.25) is 0 Å². The van der Waals surface area contributed by atoms with Gasteiger partial charge in [0.1, 0.15) is 32.9 Å².